The summed E-state index contributed by atoms with van der Waals surface area (Å²) < 4.78 is 45.9. The average molecular weight is 488 g/mol. The number of carbonyl (C=O) groups is 1. The third kappa shape index (κ3) is 4.80. The fourth-order valence-electron chi connectivity index (χ4n) is 5.96. The molecule has 2 atom stereocenters. The maximum Gasteiger partial charge on any atom is 0.416 e. The molecule has 0 bridgehead atoms. The van der Waals surface area contributed by atoms with Gasteiger partial charge in [-0.1, -0.05) is 31.4 Å². The van der Waals surface area contributed by atoms with E-state index in [1.54, 1.807) is 13.2 Å². The van der Waals surface area contributed by atoms with Crippen LogP contribution in [0.4, 0.5) is 24.5 Å². The molecule has 2 aromatic carbocycles. The van der Waals surface area contributed by atoms with Crippen molar-refractivity contribution in [3.8, 4) is 5.75 Å². The van der Waals surface area contributed by atoms with E-state index in [1.165, 1.54) is 12.5 Å². The summed E-state index contributed by atoms with van der Waals surface area (Å²) in [6.07, 6.45) is 1.22. The number of halogens is 3. The van der Waals surface area contributed by atoms with Gasteiger partial charge in [0, 0.05) is 31.4 Å². The Labute approximate surface area is 204 Å². The average Bonchev–Trinajstić information content (AvgIpc) is 2.87. The maximum absolute atomic E-state index is 13.6. The molecule has 2 fully saturated rings. The molecular formula is C27H32F3N3O2. The highest BCUT2D eigenvalue weighted by molar-refractivity contribution is 5.83. The molecule has 2 aromatic rings. The molecule has 2 aliphatic heterocycles. The minimum Gasteiger partial charge on any atom is -0.495 e. The molecule has 1 saturated carbocycles. The minimum atomic E-state index is -4.41. The first-order chi connectivity index (χ1) is 16.8. The van der Waals surface area contributed by atoms with Crippen molar-refractivity contribution in [1.82, 2.24) is 5.32 Å². The maximum atomic E-state index is 13.6. The van der Waals surface area contributed by atoms with Crippen LogP contribution in [0.25, 0.3) is 0 Å². The van der Waals surface area contributed by atoms with Crippen molar-refractivity contribution in [1.29, 1.82) is 0 Å². The van der Waals surface area contributed by atoms with E-state index in [4.69, 9.17) is 4.74 Å². The zero-order valence-electron chi connectivity index (χ0n) is 20.0. The lowest BCUT2D eigenvalue weighted by molar-refractivity contribution is -0.137. The third-order valence-corrected chi connectivity index (χ3v) is 7.75. The van der Waals surface area contributed by atoms with Crippen molar-refractivity contribution >= 4 is 17.3 Å². The lowest BCUT2D eigenvalue weighted by Crippen LogP contribution is -2.61. The van der Waals surface area contributed by atoms with E-state index in [9.17, 15) is 18.0 Å². The predicted octanol–water partition coefficient (Wildman–Crippen LogP) is 5.03. The Balaban J connectivity index is 1.46. The van der Waals surface area contributed by atoms with Crippen LogP contribution in [0.1, 0.15) is 43.2 Å². The van der Waals surface area contributed by atoms with Crippen LogP contribution < -0.4 is 19.9 Å². The first kappa shape index (κ1) is 23.8. The molecule has 35 heavy (non-hydrogen) atoms. The molecule has 1 aliphatic carbocycles. The Morgan fingerprint density at radius 3 is 2.54 bits per heavy atom. The number of nitrogens with one attached hydrogen (secondary N) is 1. The molecule has 0 spiro atoms. The smallest absolute Gasteiger partial charge is 0.416 e. The van der Waals surface area contributed by atoms with Gasteiger partial charge in [0.25, 0.3) is 0 Å². The lowest BCUT2D eigenvalue weighted by atomic mass is 9.82. The second kappa shape index (κ2) is 9.63. The quantitative estimate of drug-likeness (QED) is 0.657. The number of ether oxygens (including phenoxy) is 1. The zero-order chi connectivity index (χ0) is 24.6. The van der Waals surface area contributed by atoms with Crippen LogP contribution in [-0.4, -0.2) is 44.7 Å². The molecule has 188 valence electrons. The van der Waals surface area contributed by atoms with Crippen LogP contribution in [-0.2, 0) is 17.4 Å². The fraction of sp³-hybridized carbons (Fsp3) is 0.519. The first-order valence-corrected chi connectivity index (χ1v) is 12.5. The van der Waals surface area contributed by atoms with Gasteiger partial charge in [0.05, 0.1) is 30.3 Å². The molecule has 1 N–H and O–H groups in total. The lowest BCUT2D eigenvalue weighted by Gasteiger charge is -2.50. The number of para-hydroxylation sites is 2. The molecule has 5 rings (SSSR count). The highest BCUT2D eigenvalue weighted by Crippen LogP contribution is 2.41. The Hall–Kier alpha value is -2.90. The third-order valence-electron chi connectivity index (χ3n) is 7.75. The summed E-state index contributed by atoms with van der Waals surface area (Å²) in [6, 6.07) is 11.8. The number of anilines is 2. The summed E-state index contributed by atoms with van der Waals surface area (Å²) in [6.45, 7) is 1.91. The largest absolute Gasteiger partial charge is 0.495 e. The number of piperazine rings is 1. The normalized spacial score (nSPS) is 22.9. The second-order valence-electron chi connectivity index (χ2n) is 9.87. The number of benzene rings is 2. The van der Waals surface area contributed by atoms with Gasteiger partial charge >= 0.3 is 6.18 Å². The van der Waals surface area contributed by atoms with E-state index in [-0.39, 0.29) is 18.0 Å². The number of hydrogen-bond acceptors (Lipinski definition) is 4. The van der Waals surface area contributed by atoms with E-state index < -0.39 is 17.7 Å². The van der Waals surface area contributed by atoms with Crippen LogP contribution in [0, 0.1) is 5.92 Å². The van der Waals surface area contributed by atoms with Crippen molar-refractivity contribution in [2.75, 3.05) is 36.5 Å². The molecule has 1 saturated heterocycles. The highest BCUT2D eigenvalue weighted by Gasteiger charge is 2.43. The van der Waals surface area contributed by atoms with Crippen LogP contribution in [0.2, 0.25) is 0 Å². The van der Waals surface area contributed by atoms with Crippen LogP contribution in [0.3, 0.4) is 0 Å². The van der Waals surface area contributed by atoms with E-state index in [0.29, 0.717) is 31.6 Å². The van der Waals surface area contributed by atoms with Gasteiger partial charge < -0.3 is 19.9 Å². The van der Waals surface area contributed by atoms with E-state index in [0.717, 1.165) is 48.9 Å². The first-order valence-electron chi connectivity index (χ1n) is 12.5. The number of nitrogens with zero attached hydrogens (tertiary/aromatic N) is 2. The van der Waals surface area contributed by atoms with Gasteiger partial charge in [-0.25, -0.2) is 0 Å². The van der Waals surface area contributed by atoms with Crippen LogP contribution in [0.5, 0.6) is 5.75 Å². The highest BCUT2D eigenvalue weighted by atomic mass is 19.4. The number of fused-ring (bicyclic) bond motifs is 3. The molecular weight excluding hydrogens is 455 g/mol. The Kier molecular flexibility index (Phi) is 6.55. The standard InChI is InChI=1S/C27H32F3N3O2/c1-35-25-10-6-5-9-23(25)32-13-14-33-22-12-11-19(27(28,29)30)15-18(22)16-21(24(33)17-32)26(34)31-20-7-3-2-4-8-20/h5-6,9-12,15,20-21,24H,2-4,7-8,13-14,16-17H2,1H3,(H,31,34). The van der Waals surface area contributed by atoms with Gasteiger partial charge in [-0.05, 0) is 55.2 Å². The van der Waals surface area contributed by atoms with E-state index in [2.05, 4.69) is 15.1 Å². The van der Waals surface area contributed by atoms with Gasteiger partial charge in [-0.2, -0.15) is 13.2 Å². The topological polar surface area (TPSA) is 44.8 Å². The Bertz CT molecular complexity index is 1070. The molecule has 8 heteroatoms. The van der Waals surface area contributed by atoms with Crippen LogP contribution >= 0.6 is 0 Å². The molecule has 0 aromatic heterocycles. The summed E-state index contributed by atoms with van der Waals surface area (Å²) in [5, 5.41) is 3.24. The summed E-state index contributed by atoms with van der Waals surface area (Å²) >= 11 is 0. The zero-order valence-corrected chi connectivity index (χ0v) is 20.0. The molecule has 1 amide bonds. The van der Waals surface area contributed by atoms with Crippen molar-refractivity contribution in [3.63, 3.8) is 0 Å². The summed E-state index contributed by atoms with van der Waals surface area (Å²) in [5.74, 6) is 0.303. The summed E-state index contributed by atoms with van der Waals surface area (Å²) in [5.41, 5.74) is 1.73. The second-order valence-corrected chi connectivity index (χ2v) is 9.87. The summed E-state index contributed by atoms with van der Waals surface area (Å²) in [4.78, 5) is 18.0. The summed E-state index contributed by atoms with van der Waals surface area (Å²) in [7, 11) is 1.64. The van der Waals surface area contributed by atoms with Crippen molar-refractivity contribution in [3.05, 3.63) is 53.6 Å². The van der Waals surface area contributed by atoms with Crippen molar-refractivity contribution < 1.29 is 22.7 Å². The monoisotopic (exact) mass is 487 g/mol. The number of rotatable bonds is 4. The van der Waals surface area contributed by atoms with Gasteiger partial charge in [0.1, 0.15) is 5.75 Å². The van der Waals surface area contributed by atoms with Gasteiger partial charge in [-0.15, -0.1) is 0 Å². The van der Waals surface area contributed by atoms with Gasteiger partial charge in [-0.3, -0.25) is 4.79 Å². The molecule has 3 aliphatic rings. The predicted molar refractivity (Wildman–Crippen MR) is 130 cm³/mol. The number of hydrogen-bond donors (Lipinski definition) is 1. The van der Waals surface area contributed by atoms with Gasteiger partial charge in [0.2, 0.25) is 5.91 Å². The SMILES string of the molecule is COc1ccccc1N1CCN2c3ccc(C(F)(F)F)cc3CC(C(=O)NC3CCCCC3)C2C1. The number of amides is 1. The Morgan fingerprint density at radius 2 is 1.80 bits per heavy atom. The number of alkyl halides is 3. The number of carbonyl (C=O) groups excluding carboxylic acids is 1. The molecule has 5 nitrogen and oxygen atoms in total. The van der Waals surface area contributed by atoms with E-state index in [1.807, 2.05) is 24.3 Å². The Morgan fingerprint density at radius 1 is 1.03 bits per heavy atom. The minimum absolute atomic E-state index is 0.0446. The van der Waals surface area contributed by atoms with Crippen molar-refractivity contribution in [2.24, 2.45) is 5.92 Å². The molecule has 0 radical (unpaired) electrons. The van der Waals surface area contributed by atoms with Crippen LogP contribution in [0.15, 0.2) is 42.5 Å². The fourth-order valence-corrected chi connectivity index (χ4v) is 5.96. The van der Waals surface area contributed by atoms with Crippen molar-refractivity contribution in [2.45, 2.75) is 56.8 Å². The van der Waals surface area contributed by atoms with Gasteiger partial charge in [0.15, 0.2) is 0 Å². The number of methoxy groups -OCH3 is 1. The molecule has 2 heterocycles. The van der Waals surface area contributed by atoms with E-state index >= 15 is 0 Å². The molecule has 2 unspecified atom stereocenters.